The zero-order valence-electron chi connectivity index (χ0n) is 11.9. The van der Waals surface area contributed by atoms with Gasteiger partial charge in [0, 0.05) is 24.5 Å². The van der Waals surface area contributed by atoms with E-state index in [1.54, 1.807) is 0 Å². The summed E-state index contributed by atoms with van der Waals surface area (Å²) in [5, 5.41) is 0. The van der Waals surface area contributed by atoms with Crippen LogP contribution >= 0.6 is 0 Å². The highest BCUT2D eigenvalue weighted by molar-refractivity contribution is 5.56. The van der Waals surface area contributed by atoms with Gasteiger partial charge in [-0.1, -0.05) is 24.3 Å². The first-order chi connectivity index (χ1) is 9.78. The van der Waals surface area contributed by atoms with Gasteiger partial charge in [-0.15, -0.1) is 0 Å². The number of aromatic nitrogens is 1. The number of fused-ring (bicyclic) bond motifs is 1. The molecule has 2 heterocycles. The maximum atomic E-state index is 5.62. The van der Waals surface area contributed by atoms with Crippen molar-refractivity contribution in [2.24, 2.45) is 5.73 Å². The molecule has 1 unspecified atom stereocenters. The molecule has 3 heteroatoms. The van der Waals surface area contributed by atoms with Crippen LogP contribution in [-0.2, 0) is 19.5 Å². The van der Waals surface area contributed by atoms with Crippen LogP contribution < -0.4 is 10.6 Å². The lowest BCUT2D eigenvalue weighted by Crippen LogP contribution is -2.36. The quantitative estimate of drug-likeness (QED) is 0.929. The molecule has 0 radical (unpaired) electrons. The molecule has 0 aliphatic carbocycles. The molecule has 3 nitrogen and oxygen atoms in total. The van der Waals surface area contributed by atoms with E-state index in [4.69, 9.17) is 5.73 Å². The third-order valence-corrected chi connectivity index (χ3v) is 4.12. The average Bonchev–Trinajstić information content (AvgIpc) is 2.51. The van der Waals surface area contributed by atoms with Gasteiger partial charge in [0.15, 0.2) is 0 Å². The highest BCUT2D eigenvalue weighted by Crippen LogP contribution is 2.31. The summed E-state index contributed by atoms with van der Waals surface area (Å²) in [6.07, 6.45) is 4.27. The third kappa shape index (κ3) is 2.54. The maximum absolute atomic E-state index is 5.62. The lowest BCUT2D eigenvalue weighted by molar-refractivity contribution is 0.556. The molecule has 1 atom stereocenters. The minimum Gasteiger partial charge on any atom is -0.363 e. The maximum Gasteiger partial charge on any atom is 0.0605 e. The Morgan fingerprint density at radius 3 is 2.85 bits per heavy atom. The second-order valence-electron chi connectivity index (χ2n) is 5.51. The van der Waals surface area contributed by atoms with Crippen molar-refractivity contribution < 1.29 is 0 Å². The number of pyridine rings is 1. The Morgan fingerprint density at radius 2 is 2.10 bits per heavy atom. The molecular formula is C17H21N3. The van der Waals surface area contributed by atoms with Gasteiger partial charge in [-0.05, 0) is 43.0 Å². The summed E-state index contributed by atoms with van der Waals surface area (Å²) in [5.74, 6) is 0. The topological polar surface area (TPSA) is 42.1 Å². The molecule has 0 amide bonds. The van der Waals surface area contributed by atoms with E-state index >= 15 is 0 Å². The summed E-state index contributed by atoms with van der Waals surface area (Å²) in [4.78, 5) is 6.99. The molecule has 0 fully saturated rings. The zero-order valence-corrected chi connectivity index (χ0v) is 11.9. The van der Waals surface area contributed by atoms with E-state index < -0.39 is 0 Å². The molecule has 0 saturated carbocycles. The molecule has 1 aliphatic rings. The molecule has 1 aromatic heterocycles. The largest absolute Gasteiger partial charge is 0.363 e. The van der Waals surface area contributed by atoms with Crippen molar-refractivity contribution >= 4 is 5.69 Å². The summed E-state index contributed by atoms with van der Waals surface area (Å²) in [6, 6.07) is 13.4. The van der Waals surface area contributed by atoms with Crippen molar-refractivity contribution in [1.82, 2.24) is 4.98 Å². The molecule has 1 aliphatic heterocycles. The van der Waals surface area contributed by atoms with Crippen molar-refractivity contribution in [3.05, 3.63) is 59.4 Å². The van der Waals surface area contributed by atoms with Crippen LogP contribution in [0.3, 0.4) is 0 Å². The Bertz CT molecular complexity index is 577. The SMILES string of the molecule is CC1CCc2ccccc2N1Cc1ccc(CN)cn1. The Labute approximate surface area is 120 Å². The van der Waals surface area contributed by atoms with E-state index in [0.29, 0.717) is 12.6 Å². The van der Waals surface area contributed by atoms with Crippen LogP contribution in [0, 0.1) is 0 Å². The van der Waals surface area contributed by atoms with Crippen LogP contribution in [0.25, 0.3) is 0 Å². The molecule has 2 N–H and O–H groups in total. The van der Waals surface area contributed by atoms with E-state index in [0.717, 1.165) is 17.8 Å². The molecular weight excluding hydrogens is 246 g/mol. The number of nitrogens with zero attached hydrogens (tertiary/aromatic N) is 2. The number of anilines is 1. The van der Waals surface area contributed by atoms with Crippen molar-refractivity contribution in [2.45, 2.75) is 38.9 Å². The highest BCUT2D eigenvalue weighted by Gasteiger charge is 2.22. The lowest BCUT2D eigenvalue weighted by Gasteiger charge is -2.37. The van der Waals surface area contributed by atoms with Gasteiger partial charge in [0.05, 0.1) is 12.2 Å². The van der Waals surface area contributed by atoms with Crippen molar-refractivity contribution in [2.75, 3.05) is 4.90 Å². The van der Waals surface area contributed by atoms with Crippen LogP contribution in [0.4, 0.5) is 5.69 Å². The first-order valence-corrected chi connectivity index (χ1v) is 7.26. The molecule has 0 bridgehead atoms. The number of hydrogen-bond donors (Lipinski definition) is 1. The van der Waals surface area contributed by atoms with Gasteiger partial charge in [0.1, 0.15) is 0 Å². The number of hydrogen-bond acceptors (Lipinski definition) is 3. The fourth-order valence-electron chi connectivity index (χ4n) is 2.85. The van der Waals surface area contributed by atoms with Gasteiger partial charge in [-0.3, -0.25) is 4.98 Å². The number of nitrogens with two attached hydrogens (primary N) is 1. The molecule has 3 rings (SSSR count). The Morgan fingerprint density at radius 1 is 1.25 bits per heavy atom. The summed E-state index contributed by atoms with van der Waals surface area (Å²) < 4.78 is 0. The first kappa shape index (κ1) is 13.1. The lowest BCUT2D eigenvalue weighted by atomic mass is 9.96. The summed E-state index contributed by atoms with van der Waals surface area (Å²) in [7, 11) is 0. The van der Waals surface area contributed by atoms with Gasteiger partial charge in [0.25, 0.3) is 0 Å². The second kappa shape index (κ2) is 5.63. The number of rotatable bonds is 3. The fourth-order valence-corrected chi connectivity index (χ4v) is 2.85. The summed E-state index contributed by atoms with van der Waals surface area (Å²) in [5.41, 5.74) is 10.6. The minimum absolute atomic E-state index is 0.552. The monoisotopic (exact) mass is 267 g/mol. The zero-order chi connectivity index (χ0) is 13.9. The van der Waals surface area contributed by atoms with Gasteiger partial charge in [-0.2, -0.15) is 0 Å². The van der Waals surface area contributed by atoms with Crippen molar-refractivity contribution in [3.63, 3.8) is 0 Å². The molecule has 0 spiro atoms. The van der Waals surface area contributed by atoms with E-state index in [2.05, 4.69) is 53.2 Å². The van der Waals surface area contributed by atoms with Gasteiger partial charge < -0.3 is 10.6 Å². The van der Waals surface area contributed by atoms with E-state index in [1.807, 2.05) is 6.20 Å². The van der Waals surface area contributed by atoms with Crippen molar-refractivity contribution in [1.29, 1.82) is 0 Å². The van der Waals surface area contributed by atoms with Crippen molar-refractivity contribution in [3.8, 4) is 0 Å². The third-order valence-electron chi connectivity index (χ3n) is 4.12. The smallest absolute Gasteiger partial charge is 0.0605 e. The van der Waals surface area contributed by atoms with Gasteiger partial charge in [-0.25, -0.2) is 0 Å². The molecule has 2 aromatic rings. The Hall–Kier alpha value is -1.87. The van der Waals surface area contributed by atoms with Gasteiger partial charge in [0.2, 0.25) is 0 Å². The molecule has 20 heavy (non-hydrogen) atoms. The Kier molecular flexibility index (Phi) is 3.70. The fraction of sp³-hybridized carbons (Fsp3) is 0.353. The van der Waals surface area contributed by atoms with Gasteiger partial charge >= 0.3 is 0 Å². The summed E-state index contributed by atoms with van der Waals surface area (Å²) >= 11 is 0. The van der Waals surface area contributed by atoms with E-state index in [1.165, 1.54) is 24.1 Å². The van der Waals surface area contributed by atoms with Crippen LogP contribution in [-0.4, -0.2) is 11.0 Å². The number of aryl methyl sites for hydroxylation is 1. The van der Waals surface area contributed by atoms with E-state index in [9.17, 15) is 0 Å². The molecule has 0 saturated heterocycles. The standard InChI is InChI=1S/C17H21N3/c1-13-6-8-15-4-2-3-5-17(15)20(13)12-16-9-7-14(10-18)11-19-16/h2-5,7,9,11,13H,6,8,10,12,18H2,1H3. The van der Waals surface area contributed by atoms with Crippen LogP contribution in [0.5, 0.6) is 0 Å². The highest BCUT2D eigenvalue weighted by atomic mass is 15.2. The predicted octanol–water partition coefficient (Wildman–Crippen LogP) is 2.88. The first-order valence-electron chi connectivity index (χ1n) is 7.26. The second-order valence-corrected chi connectivity index (χ2v) is 5.51. The Balaban J connectivity index is 1.85. The van der Waals surface area contributed by atoms with E-state index in [-0.39, 0.29) is 0 Å². The number of para-hydroxylation sites is 1. The predicted molar refractivity (Wildman–Crippen MR) is 82.5 cm³/mol. The van der Waals surface area contributed by atoms with Crippen LogP contribution in [0.1, 0.15) is 30.2 Å². The number of benzene rings is 1. The average molecular weight is 267 g/mol. The normalized spacial score (nSPS) is 17.9. The van der Waals surface area contributed by atoms with Crippen LogP contribution in [0.2, 0.25) is 0 Å². The summed E-state index contributed by atoms with van der Waals surface area (Å²) in [6.45, 7) is 3.71. The molecule has 1 aromatic carbocycles. The molecule has 104 valence electrons. The van der Waals surface area contributed by atoms with Crippen LogP contribution in [0.15, 0.2) is 42.6 Å². The minimum atomic E-state index is 0.552.